The molecule has 1 aliphatic carbocycles. The fraction of sp³-hybridized carbons (Fsp3) is 0.500. The number of ether oxygens (including phenoxy) is 1. The molecule has 2 aromatic rings. The molecule has 32 heavy (non-hydrogen) atoms. The van der Waals surface area contributed by atoms with Gasteiger partial charge in [-0.05, 0) is 43.2 Å². The Kier molecular flexibility index (Phi) is 5.92. The minimum Gasteiger partial charge on any atom is -0.487 e. The Morgan fingerprint density at radius 1 is 0.906 bits per heavy atom. The monoisotopic (exact) mass is 435 g/mol. The zero-order valence-corrected chi connectivity index (χ0v) is 18.2. The zero-order valence-electron chi connectivity index (χ0n) is 18.2. The van der Waals surface area contributed by atoms with Crippen LogP contribution in [0.2, 0.25) is 0 Å². The van der Waals surface area contributed by atoms with Crippen molar-refractivity contribution in [3.05, 3.63) is 42.7 Å². The molecule has 0 unspecified atom stereocenters. The maximum absolute atomic E-state index is 12.5. The summed E-state index contributed by atoms with van der Waals surface area (Å²) in [7, 11) is 0. The molecule has 0 atom stereocenters. The summed E-state index contributed by atoms with van der Waals surface area (Å²) in [6.07, 6.45) is 9.09. The summed E-state index contributed by atoms with van der Waals surface area (Å²) < 4.78 is 6.00. The topological polar surface area (TPSA) is 87.7 Å². The first-order valence-corrected chi connectivity index (χ1v) is 11.5. The van der Waals surface area contributed by atoms with Crippen LogP contribution in [0.5, 0.6) is 5.75 Å². The summed E-state index contributed by atoms with van der Waals surface area (Å²) in [5.74, 6) is 1.27. The summed E-state index contributed by atoms with van der Waals surface area (Å²) in [5, 5.41) is 10.6. The van der Waals surface area contributed by atoms with Gasteiger partial charge in [0, 0.05) is 24.7 Å². The van der Waals surface area contributed by atoms with Crippen molar-refractivity contribution >= 4 is 23.2 Å². The van der Waals surface area contributed by atoms with Crippen LogP contribution in [0.4, 0.5) is 11.4 Å². The first kappa shape index (κ1) is 20.7. The van der Waals surface area contributed by atoms with Gasteiger partial charge in [-0.3, -0.25) is 9.59 Å². The number of amides is 2. The number of carbonyl (C=O) groups excluding carboxylic acids is 2. The number of hydrogen-bond donors (Lipinski definition) is 1. The predicted molar refractivity (Wildman–Crippen MR) is 120 cm³/mol. The second-order valence-corrected chi connectivity index (χ2v) is 9.03. The van der Waals surface area contributed by atoms with Gasteiger partial charge in [0.15, 0.2) is 0 Å². The number of aromatic nitrogens is 2. The van der Waals surface area contributed by atoms with E-state index in [1.807, 2.05) is 35.2 Å². The standard InChI is InChI=1S/C24H29N5O3/c30-23(18-13-28(14-18)20-10-11-25-26-12-20)27-19-6-8-21(9-7-19)32-22-15-29(16-22)24(31)17-4-2-1-3-5-17/h6-12,17-18,22H,1-5,13-16H2,(H,27,30). The van der Waals surface area contributed by atoms with E-state index in [9.17, 15) is 9.59 Å². The third kappa shape index (κ3) is 4.54. The molecule has 0 bridgehead atoms. The van der Waals surface area contributed by atoms with E-state index in [0.29, 0.717) is 32.1 Å². The Morgan fingerprint density at radius 3 is 2.34 bits per heavy atom. The molecule has 3 heterocycles. The number of carbonyl (C=O) groups is 2. The molecule has 3 aliphatic rings. The predicted octanol–water partition coefficient (Wildman–Crippen LogP) is 2.72. The van der Waals surface area contributed by atoms with Gasteiger partial charge in [-0.1, -0.05) is 19.3 Å². The molecule has 8 heteroatoms. The Morgan fingerprint density at radius 2 is 1.66 bits per heavy atom. The van der Waals surface area contributed by atoms with E-state index in [-0.39, 0.29) is 23.8 Å². The summed E-state index contributed by atoms with van der Waals surface area (Å²) >= 11 is 0. The van der Waals surface area contributed by atoms with Crippen LogP contribution in [0.15, 0.2) is 42.7 Å². The fourth-order valence-corrected chi connectivity index (χ4v) is 4.68. The van der Waals surface area contributed by atoms with E-state index < -0.39 is 0 Å². The number of anilines is 2. The quantitative estimate of drug-likeness (QED) is 0.751. The number of nitrogens with zero attached hydrogens (tertiary/aromatic N) is 4. The highest BCUT2D eigenvalue weighted by atomic mass is 16.5. The van der Waals surface area contributed by atoms with Gasteiger partial charge in [0.2, 0.25) is 11.8 Å². The van der Waals surface area contributed by atoms with Gasteiger partial charge in [-0.15, -0.1) is 0 Å². The van der Waals surface area contributed by atoms with Gasteiger partial charge >= 0.3 is 0 Å². The molecule has 1 aromatic heterocycles. The lowest BCUT2D eigenvalue weighted by Crippen LogP contribution is -2.57. The molecule has 2 amide bonds. The Bertz CT molecular complexity index is 934. The number of benzene rings is 1. The van der Waals surface area contributed by atoms with Gasteiger partial charge in [0.25, 0.3) is 0 Å². The molecule has 2 aliphatic heterocycles. The highest BCUT2D eigenvalue weighted by Gasteiger charge is 2.36. The van der Waals surface area contributed by atoms with E-state index in [4.69, 9.17) is 4.74 Å². The molecule has 0 spiro atoms. The van der Waals surface area contributed by atoms with Crippen molar-refractivity contribution in [3.63, 3.8) is 0 Å². The van der Waals surface area contributed by atoms with E-state index in [0.717, 1.165) is 30.0 Å². The van der Waals surface area contributed by atoms with E-state index in [2.05, 4.69) is 20.4 Å². The SMILES string of the molecule is O=C(Nc1ccc(OC2CN(C(=O)C3CCCCC3)C2)cc1)C1CN(c2ccnnc2)C1. The van der Waals surface area contributed by atoms with Crippen molar-refractivity contribution < 1.29 is 14.3 Å². The molecule has 8 nitrogen and oxygen atoms in total. The smallest absolute Gasteiger partial charge is 0.231 e. The molecular weight excluding hydrogens is 406 g/mol. The van der Waals surface area contributed by atoms with Crippen LogP contribution in [0, 0.1) is 11.8 Å². The number of likely N-dealkylation sites (tertiary alicyclic amines) is 1. The fourth-order valence-electron chi connectivity index (χ4n) is 4.68. The minimum atomic E-state index is -0.0400. The zero-order chi connectivity index (χ0) is 21.9. The van der Waals surface area contributed by atoms with Crippen molar-refractivity contribution in [2.45, 2.75) is 38.2 Å². The van der Waals surface area contributed by atoms with Crippen molar-refractivity contribution in [2.24, 2.45) is 11.8 Å². The molecule has 1 saturated carbocycles. The van der Waals surface area contributed by atoms with Crippen molar-refractivity contribution in [1.29, 1.82) is 0 Å². The number of rotatable bonds is 6. The highest BCUT2D eigenvalue weighted by Crippen LogP contribution is 2.29. The van der Waals surface area contributed by atoms with Crippen molar-refractivity contribution in [3.8, 4) is 5.75 Å². The Hall–Kier alpha value is -3.16. The van der Waals surface area contributed by atoms with Crippen LogP contribution >= 0.6 is 0 Å². The van der Waals surface area contributed by atoms with Gasteiger partial charge in [0.1, 0.15) is 11.9 Å². The van der Waals surface area contributed by atoms with Gasteiger partial charge in [-0.2, -0.15) is 10.2 Å². The normalized spacial score (nSPS) is 19.8. The van der Waals surface area contributed by atoms with Crippen LogP contribution < -0.4 is 15.0 Å². The van der Waals surface area contributed by atoms with Crippen LogP contribution in [0.25, 0.3) is 0 Å². The molecule has 0 radical (unpaired) electrons. The third-order valence-corrected chi connectivity index (χ3v) is 6.72. The maximum Gasteiger partial charge on any atom is 0.231 e. The van der Waals surface area contributed by atoms with Crippen LogP contribution in [0.1, 0.15) is 32.1 Å². The number of hydrogen-bond acceptors (Lipinski definition) is 6. The van der Waals surface area contributed by atoms with Crippen molar-refractivity contribution in [2.75, 3.05) is 36.4 Å². The van der Waals surface area contributed by atoms with E-state index in [1.165, 1.54) is 19.3 Å². The van der Waals surface area contributed by atoms with Gasteiger partial charge < -0.3 is 19.9 Å². The first-order valence-electron chi connectivity index (χ1n) is 11.5. The van der Waals surface area contributed by atoms with E-state index in [1.54, 1.807) is 12.4 Å². The summed E-state index contributed by atoms with van der Waals surface area (Å²) in [4.78, 5) is 29.1. The molecule has 1 N–H and O–H groups in total. The maximum atomic E-state index is 12.5. The van der Waals surface area contributed by atoms with Gasteiger partial charge in [-0.25, -0.2) is 0 Å². The summed E-state index contributed by atoms with van der Waals surface area (Å²) in [6, 6.07) is 9.36. The third-order valence-electron chi connectivity index (χ3n) is 6.72. The average molecular weight is 436 g/mol. The minimum absolute atomic E-state index is 0.0211. The largest absolute Gasteiger partial charge is 0.487 e. The van der Waals surface area contributed by atoms with Gasteiger partial charge in [0.05, 0.1) is 37.1 Å². The molecule has 1 aromatic carbocycles. The lowest BCUT2D eigenvalue weighted by Gasteiger charge is -2.41. The first-order chi connectivity index (χ1) is 15.7. The lowest BCUT2D eigenvalue weighted by molar-refractivity contribution is -0.145. The van der Waals surface area contributed by atoms with E-state index >= 15 is 0 Å². The molecular formula is C24H29N5O3. The molecule has 168 valence electrons. The summed E-state index contributed by atoms with van der Waals surface area (Å²) in [6.45, 7) is 2.69. The molecule has 2 saturated heterocycles. The Labute approximate surface area is 187 Å². The van der Waals surface area contributed by atoms with Crippen LogP contribution in [-0.4, -0.2) is 59.2 Å². The second kappa shape index (κ2) is 9.14. The molecule has 5 rings (SSSR count). The van der Waals surface area contributed by atoms with Crippen molar-refractivity contribution in [1.82, 2.24) is 15.1 Å². The number of nitrogens with one attached hydrogen (secondary N) is 1. The van der Waals surface area contributed by atoms with Crippen LogP contribution in [0.3, 0.4) is 0 Å². The van der Waals surface area contributed by atoms with Crippen LogP contribution in [-0.2, 0) is 9.59 Å². The second-order valence-electron chi connectivity index (χ2n) is 9.03. The average Bonchev–Trinajstić information content (AvgIpc) is 2.77. The Balaban J connectivity index is 1.04. The summed E-state index contributed by atoms with van der Waals surface area (Å²) in [5.41, 5.74) is 1.75. The highest BCUT2D eigenvalue weighted by molar-refractivity contribution is 5.94. The molecule has 3 fully saturated rings. The lowest BCUT2D eigenvalue weighted by atomic mass is 9.87.